The van der Waals surface area contributed by atoms with Gasteiger partial charge in [0.05, 0.1) is 16.8 Å². The Kier molecular flexibility index (Phi) is 6.60. The topological polar surface area (TPSA) is 67.2 Å². The lowest BCUT2D eigenvalue weighted by Crippen LogP contribution is -2.52. The molecule has 34 heavy (non-hydrogen) atoms. The Morgan fingerprint density at radius 1 is 1.06 bits per heavy atom. The molecule has 0 atom stereocenters. The lowest BCUT2D eigenvalue weighted by molar-refractivity contribution is -0.139. The summed E-state index contributed by atoms with van der Waals surface area (Å²) in [6.07, 6.45) is 1.76. The maximum absolute atomic E-state index is 13.5. The van der Waals surface area contributed by atoms with E-state index in [1.54, 1.807) is 16.8 Å². The van der Waals surface area contributed by atoms with Gasteiger partial charge in [0, 0.05) is 38.0 Å². The van der Waals surface area contributed by atoms with Gasteiger partial charge in [0.15, 0.2) is 5.65 Å². The van der Waals surface area contributed by atoms with Gasteiger partial charge in [-0.2, -0.15) is 5.10 Å². The van der Waals surface area contributed by atoms with E-state index < -0.39 is 0 Å². The van der Waals surface area contributed by atoms with E-state index in [1.807, 2.05) is 32.6 Å². The van der Waals surface area contributed by atoms with E-state index in [1.165, 1.54) is 12.1 Å². The zero-order valence-electron chi connectivity index (χ0n) is 21.1. The molecule has 0 N–H and O–H groups in total. The number of amides is 1. The monoisotopic (exact) mass is 466 g/mol. The van der Waals surface area contributed by atoms with Gasteiger partial charge in [-0.15, -0.1) is 0 Å². The number of carbonyl (C=O) groups excluding carboxylic acids is 1. The van der Waals surface area contributed by atoms with Crippen molar-refractivity contribution in [1.82, 2.24) is 24.6 Å². The molecule has 1 aliphatic rings. The van der Waals surface area contributed by atoms with Crippen molar-refractivity contribution in [3.63, 3.8) is 0 Å². The summed E-state index contributed by atoms with van der Waals surface area (Å²) in [4.78, 5) is 26.9. The molecule has 182 valence electrons. The Labute approximate surface area is 201 Å². The number of hydrogen-bond donors (Lipinski definition) is 0. The zero-order chi connectivity index (χ0) is 24.6. The summed E-state index contributed by atoms with van der Waals surface area (Å²) >= 11 is 0. The van der Waals surface area contributed by atoms with Crippen LogP contribution in [0.4, 0.5) is 10.2 Å². The molecule has 1 amide bonds. The van der Waals surface area contributed by atoms with Gasteiger partial charge in [0.2, 0.25) is 5.91 Å². The Bertz CT molecular complexity index is 1170. The summed E-state index contributed by atoms with van der Waals surface area (Å²) < 4.78 is 15.3. The Morgan fingerprint density at radius 2 is 1.71 bits per heavy atom. The standard InChI is InChI=1S/C26H35FN6O/c1-17(2)7-12-21-28-23(31-13-15-32(16-14-31)25(34)26(4,5)6)22-18(3)30-33(24(22)29-21)20-10-8-19(27)9-11-20/h8-11,17H,7,12-16H2,1-6H3. The van der Waals surface area contributed by atoms with E-state index in [0.29, 0.717) is 32.1 Å². The van der Waals surface area contributed by atoms with Crippen LogP contribution in [0.1, 0.15) is 52.6 Å². The number of halogens is 1. The first kappa shape index (κ1) is 24.1. The molecular weight excluding hydrogens is 431 g/mol. The van der Waals surface area contributed by atoms with Crippen molar-refractivity contribution in [2.75, 3.05) is 31.1 Å². The van der Waals surface area contributed by atoms with Gasteiger partial charge in [-0.3, -0.25) is 4.79 Å². The molecule has 0 unspecified atom stereocenters. The molecule has 1 aliphatic heterocycles. The predicted molar refractivity (Wildman–Crippen MR) is 133 cm³/mol. The molecule has 1 fully saturated rings. The van der Waals surface area contributed by atoms with Crippen molar-refractivity contribution < 1.29 is 9.18 Å². The van der Waals surface area contributed by atoms with Crippen LogP contribution in [0, 0.1) is 24.1 Å². The highest BCUT2D eigenvalue weighted by Gasteiger charge is 2.31. The molecule has 0 bridgehead atoms. The Hall–Kier alpha value is -3.03. The van der Waals surface area contributed by atoms with Crippen molar-refractivity contribution in [2.45, 2.75) is 54.4 Å². The highest BCUT2D eigenvalue weighted by Crippen LogP contribution is 2.30. The normalized spacial score (nSPS) is 14.9. The van der Waals surface area contributed by atoms with Gasteiger partial charge in [-0.1, -0.05) is 34.6 Å². The third kappa shape index (κ3) is 4.91. The fourth-order valence-electron chi connectivity index (χ4n) is 4.32. The van der Waals surface area contributed by atoms with Gasteiger partial charge in [-0.25, -0.2) is 19.0 Å². The molecule has 3 heterocycles. The number of rotatable bonds is 5. The van der Waals surface area contributed by atoms with Crippen LogP contribution >= 0.6 is 0 Å². The number of benzene rings is 1. The van der Waals surface area contributed by atoms with E-state index >= 15 is 0 Å². The van der Waals surface area contributed by atoms with Crippen molar-refractivity contribution in [1.29, 1.82) is 0 Å². The van der Waals surface area contributed by atoms with E-state index in [2.05, 4.69) is 18.7 Å². The fourth-order valence-corrected chi connectivity index (χ4v) is 4.32. The predicted octanol–water partition coefficient (Wildman–Crippen LogP) is 4.55. The SMILES string of the molecule is Cc1nn(-c2ccc(F)cc2)c2nc(CCC(C)C)nc(N3CCN(C(=O)C(C)(C)C)CC3)c12. The van der Waals surface area contributed by atoms with Crippen LogP contribution < -0.4 is 4.90 Å². The minimum Gasteiger partial charge on any atom is -0.352 e. The molecule has 8 heteroatoms. The van der Waals surface area contributed by atoms with Crippen LogP contribution in [0.5, 0.6) is 0 Å². The first-order chi connectivity index (χ1) is 16.0. The minimum absolute atomic E-state index is 0.179. The van der Waals surface area contributed by atoms with Crippen LogP contribution in [0.2, 0.25) is 0 Å². The third-order valence-electron chi connectivity index (χ3n) is 6.25. The Morgan fingerprint density at radius 3 is 2.29 bits per heavy atom. The van der Waals surface area contributed by atoms with Gasteiger partial charge < -0.3 is 9.80 Å². The number of anilines is 1. The minimum atomic E-state index is -0.388. The van der Waals surface area contributed by atoms with Crippen LogP contribution in [0.25, 0.3) is 16.7 Å². The second kappa shape index (κ2) is 9.31. The molecule has 4 rings (SSSR count). The summed E-state index contributed by atoms with van der Waals surface area (Å²) in [6.45, 7) is 15.0. The van der Waals surface area contributed by atoms with Crippen molar-refractivity contribution in [2.24, 2.45) is 11.3 Å². The maximum Gasteiger partial charge on any atom is 0.228 e. The van der Waals surface area contributed by atoms with Gasteiger partial charge in [0.25, 0.3) is 0 Å². The van der Waals surface area contributed by atoms with Gasteiger partial charge in [0.1, 0.15) is 17.5 Å². The highest BCUT2D eigenvalue weighted by molar-refractivity contribution is 5.91. The number of aromatic nitrogens is 4. The van der Waals surface area contributed by atoms with Crippen molar-refractivity contribution in [3.8, 4) is 5.69 Å². The summed E-state index contributed by atoms with van der Waals surface area (Å²) in [7, 11) is 0. The lowest BCUT2D eigenvalue weighted by atomic mass is 9.94. The van der Waals surface area contributed by atoms with E-state index in [-0.39, 0.29) is 17.1 Å². The largest absolute Gasteiger partial charge is 0.352 e. The summed E-state index contributed by atoms with van der Waals surface area (Å²) in [6, 6.07) is 6.30. The van der Waals surface area contributed by atoms with E-state index in [0.717, 1.165) is 46.9 Å². The van der Waals surface area contributed by atoms with Crippen LogP contribution in [-0.2, 0) is 11.2 Å². The first-order valence-corrected chi connectivity index (χ1v) is 12.1. The van der Waals surface area contributed by atoms with Crippen LogP contribution in [0.15, 0.2) is 24.3 Å². The third-order valence-corrected chi connectivity index (χ3v) is 6.25. The van der Waals surface area contributed by atoms with E-state index in [4.69, 9.17) is 15.1 Å². The van der Waals surface area contributed by atoms with Crippen molar-refractivity contribution >= 4 is 22.8 Å². The molecule has 1 saturated heterocycles. The van der Waals surface area contributed by atoms with Gasteiger partial charge >= 0.3 is 0 Å². The molecule has 0 aliphatic carbocycles. The van der Waals surface area contributed by atoms with Crippen molar-refractivity contribution in [3.05, 3.63) is 41.6 Å². The average molecular weight is 467 g/mol. The highest BCUT2D eigenvalue weighted by atomic mass is 19.1. The van der Waals surface area contributed by atoms with Gasteiger partial charge in [-0.05, 0) is 43.5 Å². The summed E-state index contributed by atoms with van der Waals surface area (Å²) in [5, 5.41) is 5.67. The number of nitrogens with zero attached hydrogens (tertiary/aromatic N) is 6. The van der Waals surface area contributed by atoms with Crippen LogP contribution in [-0.4, -0.2) is 56.7 Å². The molecule has 3 aromatic rings. The quantitative estimate of drug-likeness (QED) is 0.552. The Balaban J connectivity index is 1.73. The first-order valence-electron chi connectivity index (χ1n) is 12.1. The molecule has 0 saturated carbocycles. The van der Waals surface area contributed by atoms with Crippen LogP contribution in [0.3, 0.4) is 0 Å². The second-order valence-corrected chi connectivity index (χ2v) is 10.6. The molecule has 7 nitrogen and oxygen atoms in total. The molecule has 0 radical (unpaired) electrons. The molecule has 2 aromatic heterocycles. The second-order valence-electron chi connectivity index (χ2n) is 10.6. The van der Waals surface area contributed by atoms with E-state index in [9.17, 15) is 9.18 Å². The maximum atomic E-state index is 13.5. The molecule has 0 spiro atoms. The summed E-state index contributed by atoms with van der Waals surface area (Å²) in [5.41, 5.74) is 1.94. The zero-order valence-corrected chi connectivity index (χ0v) is 21.1. The number of aryl methyl sites for hydroxylation is 2. The smallest absolute Gasteiger partial charge is 0.228 e. The lowest BCUT2D eigenvalue weighted by Gasteiger charge is -2.38. The number of fused-ring (bicyclic) bond motifs is 1. The number of carbonyl (C=O) groups is 1. The fraction of sp³-hybridized carbons (Fsp3) is 0.538. The summed E-state index contributed by atoms with van der Waals surface area (Å²) in [5.74, 6) is 2.09. The molecule has 1 aromatic carbocycles. The molecular formula is C26H35FN6O. The average Bonchev–Trinajstić information content (AvgIpc) is 3.13. The number of hydrogen-bond acceptors (Lipinski definition) is 5. The number of piperazine rings is 1.